The van der Waals surface area contributed by atoms with Crippen molar-refractivity contribution in [2.24, 2.45) is 0 Å². The molecule has 0 fully saturated rings. The van der Waals surface area contributed by atoms with Crippen LogP contribution in [0.2, 0.25) is 0 Å². The first-order valence-electron chi connectivity index (χ1n) is 6.68. The highest BCUT2D eigenvalue weighted by molar-refractivity contribution is 7.92. The van der Waals surface area contributed by atoms with Crippen LogP contribution in [0.15, 0.2) is 65.6 Å². The predicted molar refractivity (Wildman–Crippen MR) is 86.0 cm³/mol. The molecule has 3 aromatic rings. The van der Waals surface area contributed by atoms with Crippen LogP contribution in [0.5, 0.6) is 0 Å². The van der Waals surface area contributed by atoms with Crippen molar-refractivity contribution >= 4 is 32.7 Å². The Bertz CT molecular complexity index is 985. The van der Waals surface area contributed by atoms with Crippen LogP contribution in [0.1, 0.15) is 10.4 Å². The zero-order valence-corrected chi connectivity index (χ0v) is 12.6. The molecule has 0 aliphatic rings. The van der Waals surface area contributed by atoms with E-state index < -0.39 is 16.0 Å². The summed E-state index contributed by atoms with van der Waals surface area (Å²) in [6.07, 6.45) is 0. The van der Waals surface area contributed by atoms with Gasteiger partial charge >= 0.3 is 5.97 Å². The Hall–Kier alpha value is -2.93. The first kappa shape index (κ1) is 15.0. The van der Waals surface area contributed by atoms with Gasteiger partial charge in [-0.3, -0.25) is 4.72 Å². The number of nitrogens with one attached hydrogen (secondary N) is 1. The van der Waals surface area contributed by atoms with Crippen LogP contribution >= 0.6 is 0 Å². The molecular weight excluding hydrogens is 316 g/mol. The predicted octanol–water partition coefficient (Wildman–Crippen LogP) is 2.73. The van der Waals surface area contributed by atoms with Gasteiger partial charge in [0.1, 0.15) is 5.82 Å². The van der Waals surface area contributed by atoms with Crippen LogP contribution in [-0.2, 0) is 10.0 Å². The fourth-order valence-corrected chi connectivity index (χ4v) is 3.21. The molecule has 23 heavy (non-hydrogen) atoms. The van der Waals surface area contributed by atoms with Crippen molar-refractivity contribution in [3.63, 3.8) is 0 Å². The van der Waals surface area contributed by atoms with Crippen molar-refractivity contribution in [1.82, 2.24) is 4.98 Å². The van der Waals surface area contributed by atoms with Crippen LogP contribution in [-0.4, -0.2) is 24.5 Å². The number of aromatic carboxylic acids is 1. The van der Waals surface area contributed by atoms with Gasteiger partial charge in [-0.05, 0) is 24.3 Å². The van der Waals surface area contributed by atoms with Crippen LogP contribution in [0.25, 0.3) is 10.9 Å². The van der Waals surface area contributed by atoms with Gasteiger partial charge in [0.2, 0.25) is 0 Å². The zero-order valence-electron chi connectivity index (χ0n) is 11.8. The second-order valence-corrected chi connectivity index (χ2v) is 6.48. The van der Waals surface area contributed by atoms with E-state index in [0.717, 1.165) is 0 Å². The molecule has 1 heterocycles. The van der Waals surface area contributed by atoms with Gasteiger partial charge in [-0.1, -0.05) is 36.4 Å². The summed E-state index contributed by atoms with van der Waals surface area (Å²) >= 11 is 0. The number of aromatic nitrogens is 1. The van der Waals surface area contributed by atoms with Gasteiger partial charge in [-0.15, -0.1) is 0 Å². The maximum atomic E-state index is 12.3. The normalized spacial score (nSPS) is 11.3. The van der Waals surface area contributed by atoms with Gasteiger partial charge in [-0.2, -0.15) is 0 Å². The summed E-state index contributed by atoms with van der Waals surface area (Å²) in [5.74, 6) is -1.19. The SMILES string of the molecule is O=C(O)c1cc(NS(=O)(=O)c2ccccc2)nc2ccccc12. The average molecular weight is 328 g/mol. The molecule has 2 N–H and O–H groups in total. The Kier molecular flexibility index (Phi) is 3.71. The first-order valence-corrected chi connectivity index (χ1v) is 8.17. The highest BCUT2D eigenvalue weighted by Crippen LogP contribution is 2.22. The summed E-state index contributed by atoms with van der Waals surface area (Å²) in [5.41, 5.74) is 0.388. The molecule has 0 unspecified atom stereocenters. The molecule has 3 rings (SSSR count). The molecule has 0 radical (unpaired) electrons. The van der Waals surface area contributed by atoms with Crippen LogP contribution in [0.4, 0.5) is 5.82 Å². The number of sulfonamides is 1. The third-order valence-corrected chi connectivity index (χ3v) is 4.61. The van der Waals surface area contributed by atoms with Gasteiger partial charge in [0.25, 0.3) is 10.0 Å². The van der Waals surface area contributed by atoms with E-state index >= 15 is 0 Å². The Morgan fingerprint density at radius 2 is 1.65 bits per heavy atom. The summed E-state index contributed by atoms with van der Waals surface area (Å²) in [6.45, 7) is 0. The van der Waals surface area contributed by atoms with E-state index in [0.29, 0.717) is 10.9 Å². The summed E-state index contributed by atoms with van der Waals surface area (Å²) in [6, 6.07) is 15.7. The number of hydrogen-bond acceptors (Lipinski definition) is 4. The summed E-state index contributed by atoms with van der Waals surface area (Å²) in [4.78, 5) is 15.6. The van der Waals surface area contributed by atoms with E-state index in [1.807, 2.05) is 0 Å². The van der Waals surface area contributed by atoms with E-state index in [2.05, 4.69) is 9.71 Å². The lowest BCUT2D eigenvalue weighted by Crippen LogP contribution is -2.14. The molecule has 0 spiro atoms. The van der Waals surface area contributed by atoms with Gasteiger partial charge in [0.15, 0.2) is 0 Å². The minimum atomic E-state index is -3.83. The highest BCUT2D eigenvalue weighted by atomic mass is 32.2. The second kappa shape index (κ2) is 5.69. The zero-order chi connectivity index (χ0) is 16.4. The molecule has 2 aromatic carbocycles. The molecule has 0 aliphatic carbocycles. The number of hydrogen-bond donors (Lipinski definition) is 2. The fourth-order valence-electron chi connectivity index (χ4n) is 2.20. The van der Waals surface area contributed by atoms with Crippen molar-refractivity contribution in [1.29, 1.82) is 0 Å². The van der Waals surface area contributed by atoms with Crippen molar-refractivity contribution in [3.8, 4) is 0 Å². The molecule has 1 aromatic heterocycles. The number of fused-ring (bicyclic) bond motifs is 1. The Balaban J connectivity index is 2.09. The number of benzene rings is 2. The summed E-state index contributed by atoms with van der Waals surface area (Å²) < 4.78 is 27.0. The molecule has 7 heteroatoms. The number of carboxylic acid groups (broad SMARTS) is 1. The molecule has 0 amide bonds. The Morgan fingerprint density at radius 1 is 1.00 bits per heavy atom. The van der Waals surface area contributed by atoms with E-state index in [-0.39, 0.29) is 16.3 Å². The maximum absolute atomic E-state index is 12.3. The molecule has 0 saturated carbocycles. The van der Waals surface area contributed by atoms with Gasteiger partial charge in [-0.25, -0.2) is 18.2 Å². The van der Waals surface area contributed by atoms with E-state index in [1.165, 1.54) is 18.2 Å². The third kappa shape index (κ3) is 3.00. The van der Waals surface area contributed by atoms with Crippen LogP contribution in [0.3, 0.4) is 0 Å². The number of para-hydroxylation sites is 1. The molecular formula is C16H12N2O4S. The number of pyridine rings is 1. The minimum Gasteiger partial charge on any atom is -0.478 e. The monoisotopic (exact) mass is 328 g/mol. The van der Waals surface area contributed by atoms with Crippen LogP contribution in [0, 0.1) is 0 Å². The Labute approximate surface area is 132 Å². The van der Waals surface area contributed by atoms with Crippen molar-refractivity contribution < 1.29 is 18.3 Å². The van der Waals surface area contributed by atoms with E-state index in [4.69, 9.17) is 0 Å². The summed E-state index contributed by atoms with van der Waals surface area (Å²) in [5, 5.41) is 9.76. The van der Waals surface area contributed by atoms with E-state index in [9.17, 15) is 18.3 Å². The third-order valence-electron chi connectivity index (χ3n) is 3.24. The molecule has 0 bridgehead atoms. The molecule has 116 valence electrons. The van der Waals surface area contributed by atoms with Crippen molar-refractivity contribution in [2.75, 3.05) is 4.72 Å². The number of carbonyl (C=O) groups is 1. The standard InChI is InChI=1S/C16H12N2O4S/c19-16(20)13-10-15(17-14-9-5-4-8-12(13)14)18-23(21,22)11-6-2-1-3-7-11/h1-10H,(H,17,18)(H,19,20). The quantitative estimate of drug-likeness (QED) is 0.767. The summed E-state index contributed by atoms with van der Waals surface area (Å²) in [7, 11) is -3.83. The molecule has 0 atom stereocenters. The lowest BCUT2D eigenvalue weighted by atomic mass is 10.1. The number of anilines is 1. The average Bonchev–Trinajstić information content (AvgIpc) is 2.54. The number of rotatable bonds is 4. The Morgan fingerprint density at radius 3 is 2.35 bits per heavy atom. The van der Waals surface area contributed by atoms with Gasteiger partial charge in [0.05, 0.1) is 16.0 Å². The first-order chi connectivity index (χ1) is 11.0. The largest absolute Gasteiger partial charge is 0.478 e. The second-order valence-electron chi connectivity index (χ2n) is 4.80. The van der Waals surface area contributed by atoms with E-state index in [1.54, 1.807) is 42.5 Å². The lowest BCUT2D eigenvalue weighted by Gasteiger charge is -2.10. The molecule has 0 aliphatic heterocycles. The van der Waals surface area contributed by atoms with Crippen molar-refractivity contribution in [2.45, 2.75) is 4.90 Å². The van der Waals surface area contributed by atoms with Gasteiger partial charge < -0.3 is 5.11 Å². The smallest absolute Gasteiger partial charge is 0.336 e. The molecule has 6 nitrogen and oxygen atoms in total. The highest BCUT2D eigenvalue weighted by Gasteiger charge is 2.17. The van der Waals surface area contributed by atoms with Crippen molar-refractivity contribution in [3.05, 3.63) is 66.2 Å². The van der Waals surface area contributed by atoms with Gasteiger partial charge in [0, 0.05) is 5.39 Å². The van der Waals surface area contributed by atoms with Crippen LogP contribution < -0.4 is 4.72 Å². The minimum absolute atomic E-state index is 0.0126. The maximum Gasteiger partial charge on any atom is 0.336 e. The topological polar surface area (TPSA) is 96.4 Å². The lowest BCUT2D eigenvalue weighted by molar-refractivity contribution is 0.0699. The fraction of sp³-hybridized carbons (Fsp3) is 0. The molecule has 0 saturated heterocycles. The number of carboxylic acids is 1. The number of nitrogens with zero attached hydrogens (tertiary/aromatic N) is 1.